The number of likely N-dealkylation sites (tertiary alicyclic amines) is 1. The first-order chi connectivity index (χ1) is 23.2. The molecule has 0 bridgehead atoms. The van der Waals surface area contributed by atoms with Gasteiger partial charge in [-0.1, -0.05) is 85.3 Å². The second-order valence-corrected chi connectivity index (χ2v) is 12.9. The Morgan fingerprint density at radius 3 is 2.52 bits per heavy atom. The van der Waals surface area contributed by atoms with Crippen LogP contribution in [-0.4, -0.2) is 90.4 Å². The molecule has 48 heavy (non-hydrogen) atoms. The molecule has 12 heteroatoms. The van der Waals surface area contributed by atoms with E-state index in [1.807, 2.05) is 13.0 Å². The Kier molecular flexibility index (Phi) is 10.0. The second-order valence-electron chi connectivity index (χ2n) is 12.5. The van der Waals surface area contributed by atoms with E-state index in [0.717, 1.165) is 0 Å². The molecular formula is C36H40ClN3O8. The molecule has 0 aromatic heterocycles. The third kappa shape index (κ3) is 5.93. The van der Waals surface area contributed by atoms with Gasteiger partial charge in [-0.2, -0.15) is 0 Å². The summed E-state index contributed by atoms with van der Waals surface area (Å²) in [6.45, 7) is 1.64. The number of hydrogen-bond donors (Lipinski definition) is 2. The standard InChI is InChI=1S/C36H40ClN3O8/c1-3-23(20-41)40-32-34(44)39(26-15-8-7-14-24(26)37)19-11-18-36(32)30(33(40)43)29-27(48-36)16-9-10-17-28(42)38-25(21-46-2)31(47-35(29)45)22-12-5-4-6-13-22/h4-9,11-16,18,23,25,27,29-32,41H,3,10,17,19-21H2,1-2H3,(H,38,42)/b16-9-/t23-,25+,27+,29-,30-,31+,32+,36-/m0/s1. The zero-order valence-electron chi connectivity index (χ0n) is 26.9. The van der Waals surface area contributed by atoms with Crippen molar-refractivity contribution in [3.8, 4) is 0 Å². The predicted octanol–water partition coefficient (Wildman–Crippen LogP) is 3.36. The summed E-state index contributed by atoms with van der Waals surface area (Å²) in [5.41, 5.74) is -0.461. The lowest BCUT2D eigenvalue weighted by Crippen LogP contribution is -2.58. The number of fused-ring (bicyclic) bond motifs is 2. The van der Waals surface area contributed by atoms with E-state index in [9.17, 15) is 24.3 Å². The van der Waals surface area contributed by atoms with Gasteiger partial charge in [0, 0.05) is 20.1 Å². The molecule has 3 amide bonds. The van der Waals surface area contributed by atoms with Gasteiger partial charge in [0.2, 0.25) is 11.8 Å². The number of esters is 1. The van der Waals surface area contributed by atoms with Crippen molar-refractivity contribution in [2.45, 2.75) is 62.1 Å². The molecule has 2 aromatic carbocycles. The number of amides is 3. The number of nitrogens with zero attached hydrogens (tertiary/aromatic N) is 2. The third-order valence-electron chi connectivity index (χ3n) is 9.72. The zero-order chi connectivity index (χ0) is 34.0. The third-order valence-corrected chi connectivity index (χ3v) is 10.0. The topological polar surface area (TPSA) is 135 Å². The molecular weight excluding hydrogens is 638 g/mol. The van der Waals surface area contributed by atoms with E-state index in [4.69, 9.17) is 25.8 Å². The molecule has 4 aliphatic rings. The SMILES string of the molecule is CC[C@@H](CO)N1C(=O)[C@@H]2[C@H]3C(=O)O[C@H](c4ccccc4)[C@@H](COC)NC(=O)CC/C=C\[C@H]3O[C@@]23C=CCN(c2ccccc2Cl)C(=O)[C@@H]13. The fraction of sp³-hybridized carbons (Fsp3) is 0.444. The second kappa shape index (κ2) is 14.2. The van der Waals surface area contributed by atoms with Gasteiger partial charge in [0.15, 0.2) is 0 Å². The van der Waals surface area contributed by atoms with Crippen LogP contribution < -0.4 is 10.2 Å². The number of benzene rings is 2. The number of aliphatic hydroxyl groups excluding tert-OH is 1. The summed E-state index contributed by atoms with van der Waals surface area (Å²) in [5, 5.41) is 13.8. The summed E-state index contributed by atoms with van der Waals surface area (Å²) in [6, 6.07) is 13.3. The van der Waals surface area contributed by atoms with Crippen LogP contribution in [0.2, 0.25) is 5.02 Å². The minimum absolute atomic E-state index is 0.0605. The van der Waals surface area contributed by atoms with Crippen LogP contribution in [0.5, 0.6) is 0 Å². The molecule has 11 nitrogen and oxygen atoms in total. The van der Waals surface area contributed by atoms with E-state index in [2.05, 4.69) is 5.32 Å². The summed E-state index contributed by atoms with van der Waals surface area (Å²) in [5.74, 6) is -4.17. The molecule has 0 saturated carbocycles. The highest BCUT2D eigenvalue weighted by atomic mass is 35.5. The Bertz CT molecular complexity index is 1600. The molecule has 2 saturated heterocycles. The van der Waals surface area contributed by atoms with Gasteiger partial charge in [0.25, 0.3) is 5.91 Å². The van der Waals surface area contributed by atoms with Crippen molar-refractivity contribution in [3.05, 3.63) is 89.5 Å². The zero-order valence-corrected chi connectivity index (χ0v) is 27.6. The number of rotatable bonds is 7. The highest BCUT2D eigenvalue weighted by molar-refractivity contribution is 6.34. The fourth-order valence-corrected chi connectivity index (χ4v) is 7.76. The lowest BCUT2D eigenvalue weighted by molar-refractivity contribution is -0.162. The number of aliphatic hydroxyl groups is 1. The number of anilines is 1. The van der Waals surface area contributed by atoms with Gasteiger partial charge in [-0.05, 0) is 30.5 Å². The van der Waals surface area contributed by atoms with Gasteiger partial charge in [-0.3, -0.25) is 19.2 Å². The van der Waals surface area contributed by atoms with Crippen LogP contribution in [-0.2, 0) is 33.4 Å². The minimum Gasteiger partial charge on any atom is -0.455 e. The van der Waals surface area contributed by atoms with Crippen molar-refractivity contribution in [3.63, 3.8) is 0 Å². The quantitative estimate of drug-likeness (QED) is 0.337. The molecule has 2 fully saturated rings. The Morgan fingerprint density at radius 2 is 1.81 bits per heavy atom. The van der Waals surface area contributed by atoms with Crippen LogP contribution >= 0.6 is 11.6 Å². The minimum atomic E-state index is -1.56. The Hall–Kier alpha value is -4.03. The summed E-state index contributed by atoms with van der Waals surface area (Å²) < 4.78 is 18.5. The maximum absolute atomic E-state index is 14.7. The molecule has 1 spiro atoms. The average molecular weight is 678 g/mol. The monoisotopic (exact) mass is 677 g/mol. The Morgan fingerprint density at radius 1 is 1.06 bits per heavy atom. The lowest BCUT2D eigenvalue weighted by Gasteiger charge is -2.38. The first kappa shape index (κ1) is 33.9. The molecule has 254 valence electrons. The van der Waals surface area contributed by atoms with Crippen LogP contribution in [0.1, 0.15) is 37.9 Å². The molecule has 4 aliphatic heterocycles. The van der Waals surface area contributed by atoms with Crippen LogP contribution in [0.4, 0.5) is 5.69 Å². The number of halogens is 1. The average Bonchev–Trinajstić information content (AvgIpc) is 3.47. The summed E-state index contributed by atoms with van der Waals surface area (Å²) in [7, 11) is 1.50. The summed E-state index contributed by atoms with van der Waals surface area (Å²) >= 11 is 6.55. The van der Waals surface area contributed by atoms with Crippen LogP contribution in [0.25, 0.3) is 0 Å². The largest absolute Gasteiger partial charge is 0.455 e. The molecule has 2 aromatic rings. The normalized spacial score (nSPS) is 31.8. The number of hydrogen-bond acceptors (Lipinski definition) is 8. The van der Waals surface area contributed by atoms with Gasteiger partial charge in [0.1, 0.15) is 23.7 Å². The van der Waals surface area contributed by atoms with Crippen LogP contribution in [0.15, 0.2) is 78.9 Å². The van der Waals surface area contributed by atoms with Crippen molar-refractivity contribution in [2.24, 2.45) is 11.8 Å². The summed E-state index contributed by atoms with van der Waals surface area (Å²) in [4.78, 5) is 59.8. The van der Waals surface area contributed by atoms with Gasteiger partial charge in [0.05, 0.1) is 48.0 Å². The molecule has 2 N–H and O–H groups in total. The fourth-order valence-electron chi connectivity index (χ4n) is 7.52. The number of allylic oxidation sites excluding steroid dienone is 1. The van der Waals surface area contributed by atoms with Crippen LogP contribution in [0, 0.1) is 11.8 Å². The number of carbonyl (C=O) groups excluding carboxylic acids is 4. The van der Waals surface area contributed by atoms with Gasteiger partial charge in [-0.25, -0.2) is 0 Å². The van der Waals surface area contributed by atoms with E-state index in [1.54, 1.807) is 72.8 Å². The van der Waals surface area contributed by atoms with Crippen molar-refractivity contribution in [2.75, 3.05) is 31.8 Å². The maximum atomic E-state index is 14.7. The maximum Gasteiger partial charge on any atom is 0.313 e. The van der Waals surface area contributed by atoms with Crippen molar-refractivity contribution in [1.82, 2.24) is 10.2 Å². The number of para-hydroxylation sites is 1. The van der Waals surface area contributed by atoms with Gasteiger partial charge >= 0.3 is 5.97 Å². The molecule has 4 heterocycles. The Labute approximate surface area is 284 Å². The van der Waals surface area contributed by atoms with E-state index in [-0.39, 0.29) is 25.5 Å². The number of carbonyl (C=O) groups is 4. The van der Waals surface area contributed by atoms with Crippen LogP contribution in [0.3, 0.4) is 0 Å². The van der Waals surface area contributed by atoms with Gasteiger partial charge < -0.3 is 34.4 Å². The van der Waals surface area contributed by atoms with Crippen molar-refractivity contribution < 1.29 is 38.5 Å². The number of cyclic esters (lactones) is 1. The first-order valence-electron chi connectivity index (χ1n) is 16.3. The predicted molar refractivity (Wildman–Crippen MR) is 177 cm³/mol. The van der Waals surface area contributed by atoms with E-state index >= 15 is 0 Å². The smallest absolute Gasteiger partial charge is 0.313 e. The van der Waals surface area contributed by atoms with Gasteiger partial charge in [-0.15, -0.1) is 0 Å². The Balaban J connectivity index is 1.47. The number of ether oxygens (including phenoxy) is 3. The number of methoxy groups -OCH3 is 1. The molecule has 6 rings (SSSR count). The van der Waals surface area contributed by atoms with E-state index < -0.39 is 72.2 Å². The van der Waals surface area contributed by atoms with E-state index in [0.29, 0.717) is 29.1 Å². The first-order valence-corrected chi connectivity index (χ1v) is 16.7. The molecule has 0 unspecified atom stereocenters. The van der Waals surface area contributed by atoms with Crippen molar-refractivity contribution >= 4 is 41.0 Å². The highest BCUT2D eigenvalue weighted by Crippen LogP contribution is 2.54. The van der Waals surface area contributed by atoms with Crippen molar-refractivity contribution in [1.29, 1.82) is 0 Å². The molecule has 8 atom stereocenters. The highest BCUT2D eigenvalue weighted by Gasteiger charge is 2.72. The lowest BCUT2D eigenvalue weighted by atomic mass is 9.77. The number of nitrogens with one attached hydrogen (secondary N) is 1. The molecule has 0 aliphatic carbocycles. The molecule has 0 radical (unpaired) electrons. The summed E-state index contributed by atoms with van der Waals surface area (Å²) in [6.07, 6.45) is 5.89. The van der Waals surface area contributed by atoms with E-state index in [1.165, 1.54) is 16.9 Å².